The van der Waals surface area contributed by atoms with Crippen molar-refractivity contribution < 1.29 is 4.74 Å². The number of halogens is 1. The number of anilines is 1. The lowest BCUT2D eigenvalue weighted by Gasteiger charge is -2.18. The molecule has 0 aliphatic carbocycles. The SMILES string of the molecule is CNC(c1ccc(N)cc1)c1ccc(OC)c(Br)c1. The zero-order valence-corrected chi connectivity index (χ0v) is 12.6. The molecule has 3 nitrogen and oxygen atoms in total. The first-order valence-corrected chi connectivity index (χ1v) is 6.81. The minimum absolute atomic E-state index is 0.128. The van der Waals surface area contributed by atoms with E-state index in [1.807, 2.05) is 37.4 Å². The first-order valence-electron chi connectivity index (χ1n) is 6.02. The summed E-state index contributed by atoms with van der Waals surface area (Å²) in [6.45, 7) is 0. The smallest absolute Gasteiger partial charge is 0.133 e. The van der Waals surface area contributed by atoms with Crippen LogP contribution in [0.3, 0.4) is 0 Å². The molecule has 0 radical (unpaired) electrons. The van der Waals surface area contributed by atoms with Crippen LogP contribution in [0.5, 0.6) is 5.75 Å². The highest BCUT2D eigenvalue weighted by Gasteiger charge is 2.13. The fourth-order valence-corrected chi connectivity index (χ4v) is 2.63. The van der Waals surface area contributed by atoms with Gasteiger partial charge in [-0.15, -0.1) is 0 Å². The molecule has 0 aliphatic rings. The second-order valence-electron chi connectivity index (χ2n) is 4.28. The third kappa shape index (κ3) is 3.08. The molecule has 0 spiro atoms. The van der Waals surface area contributed by atoms with Crippen molar-refractivity contribution in [2.45, 2.75) is 6.04 Å². The van der Waals surface area contributed by atoms with Crippen LogP contribution in [0.4, 0.5) is 5.69 Å². The lowest BCUT2D eigenvalue weighted by Crippen LogP contribution is -2.17. The average Bonchev–Trinajstić information content (AvgIpc) is 2.42. The van der Waals surface area contributed by atoms with Gasteiger partial charge in [-0.1, -0.05) is 18.2 Å². The number of benzene rings is 2. The number of ether oxygens (including phenoxy) is 1. The summed E-state index contributed by atoms with van der Waals surface area (Å²) in [5.41, 5.74) is 8.84. The quantitative estimate of drug-likeness (QED) is 0.849. The van der Waals surface area contributed by atoms with Crippen molar-refractivity contribution in [3.63, 3.8) is 0 Å². The monoisotopic (exact) mass is 320 g/mol. The van der Waals surface area contributed by atoms with E-state index in [1.165, 1.54) is 11.1 Å². The average molecular weight is 321 g/mol. The van der Waals surface area contributed by atoms with Gasteiger partial charge in [0.1, 0.15) is 5.75 Å². The van der Waals surface area contributed by atoms with Gasteiger partial charge in [0.25, 0.3) is 0 Å². The van der Waals surface area contributed by atoms with E-state index >= 15 is 0 Å². The molecule has 0 heterocycles. The predicted molar refractivity (Wildman–Crippen MR) is 82.5 cm³/mol. The Hall–Kier alpha value is -1.52. The maximum absolute atomic E-state index is 5.72. The third-order valence-electron chi connectivity index (χ3n) is 3.07. The van der Waals surface area contributed by atoms with Crippen LogP contribution in [0, 0.1) is 0 Å². The van der Waals surface area contributed by atoms with Crippen molar-refractivity contribution in [3.8, 4) is 5.75 Å². The lowest BCUT2D eigenvalue weighted by molar-refractivity contribution is 0.412. The topological polar surface area (TPSA) is 47.3 Å². The summed E-state index contributed by atoms with van der Waals surface area (Å²) < 4.78 is 6.20. The molecule has 4 heteroatoms. The number of hydrogen-bond donors (Lipinski definition) is 2. The fraction of sp³-hybridized carbons (Fsp3) is 0.200. The Morgan fingerprint density at radius 3 is 2.26 bits per heavy atom. The highest BCUT2D eigenvalue weighted by molar-refractivity contribution is 9.10. The van der Waals surface area contributed by atoms with Crippen LogP contribution < -0.4 is 15.8 Å². The Morgan fingerprint density at radius 2 is 1.74 bits per heavy atom. The molecule has 2 aromatic carbocycles. The van der Waals surface area contributed by atoms with Crippen molar-refractivity contribution in [2.24, 2.45) is 0 Å². The third-order valence-corrected chi connectivity index (χ3v) is 3.69. The van der Waals surface area contributed by atoms with E-state index in [1.54, 1.807) is 7.11 Å². The largest absolute Gasteiger partial charge is 0.496 e. The Bertz CT molecular complexity index is 555. The first-order chi connectivity index (χ1) is 9.15. The van der Waals surface area contributed by atoms with Crippen LogP contribution in [0.2, 0.25) is 0 Å². The Balaban J connectivity index is 2.36. The summed E-state index contributed by atoms with van der Waals surface area (Å²) >= 11 is 3.52. The van der Waals surface area contributed by atoms with Crippen LogP contribution in [-0.4, -0.2) is 14.2 Å². The van der Waals surface area contributed by atoms with E-state index in [-0.39, 0.29) is 6.04 Å². The van der Waals surface area contributed by atoms with E-state index in [9.17, 15) is 0 Å². The first kappa shape index (κ1) is 13.9. The summed E-state index contributed by atoms with van der Waals surface area (Å²) in [4.78, 5) is 0. The van der Waals surface area contributed by atoms with Gasteiger partial charge in [-0.25, -0.2) is 0 Å². The molecular formula is C15H17BrN2O. The van der Waals surface area contributed by atoms with E-state index in [0.29, 0.717) is 0 Å². The number of nitrogens with one attached hydrogen (secondary N) is 1. The Labute approximate surface area is 121 Å². The number of rotatable bonds is 4. The Kier molecular flexibility index (Phi) is 4.45. The molecule has 1 atom stereocenters. The molecule has 0 bridgehead atoms. The second-order valence-corrected chi connectivity index (χ2v) is 5.14. The fourth-order valence-electron chi connectivity index (χ4n) is 2.08. The standard InChI is InChI=1S/C15H17BrN2O/c1-18-15(10-3-6-12(17)7-4-10)11-5-8-14(19-2)13(16)9-11/h3-9,15,18H,17H2,1-2H3. The molecule has 3 N–H and O–H groups in total. The van der Waals surface area contributed by atoms with E-state index in [0.717, 1.165) is 15.9 Å². The second kappa shape index (κ2) is 6.08. The minimum Gasteiger partial charge on any atom is -0.496 e. The molecule has 2 rings (SSSR count). The number of hydrogen-bond acceptors (Lipinski definition) is 3. The molecule has 0 saturated carbocycles. The van der Waals surface area contributed by atoms with Crippen molar-refractivity contribution >= 4 is 21.6 Å². The molecule has 1 unspecified atom stereocenters. The van der Waals surface area contributed by atoms with Crippen LogP contribution in [0.1, 0.15) is 17.2 Å². The summed E-state index contributed by atoms with van der Waals surface area (Å²) in [6, 6.07) is 14.1. The molecule has 0 amide bonds. The summed E-state index contributed by atoms with van der Waals surface area (Å²) in [5, 5.41) is 3.32. The van der Waals surface area contributed by atoms with Crippen molar-refractivity contribution in [2.75, 3.05) is 19.9 Å². The zero-order chi connectivity index (χ0) is 13.8. The number of nitrogen functional groups attached to an aromatic ring is 1. The number of methoxy groups -OCH3 is 1. The summed E-state index contributed by atoms with van der Waals surface area (Å²) in [5.74, 6) is 0.830. The van der Waals surface area contributed by atoms with Gasteiger partial charge in [0.15, 0.2) is 0 Å². The molecular weight excluding hydrogens is 304 g/mol. The molecule has 0 saturated heterocycles. The van der Waals surface area contributed by atoms with Crippen LogP contribution >= 0.6 is 15.9 Å². The van der Waals surface area contributed by atoms with Gasteiger partial charge >= 0.3 is 0 Å². The van der Waals surface area contributed by atoms with Crippen molar-refractivity contribution in [1.29, 1.82) is 0 Å². The highest BCUT2D eigenvalue weighted by atomic mass is 79.9. The molecule has 19 heavy (non-hydrogen) atoms. The molecule has 0 aliphatic heterocycles. The van der Waals surface area contributed by atoms with Gasteiger partial charge in [-0.2, -0.15) is 0 Å². The summed E-state index contributed by atoms with van der Waals surface area (Å²) in [7, 11) is 3.61. The van der Waals surface area contributed by atoms with Gasteiger partial charge < -0.3 is 15.8 Å². The van der Waals surface area contributed by atoms with Gasteiger partial charge in [-0.3, -0.25) is 0 Å². The van der Waals surface area contributed by atoms with Crippen LogP contribution in [0.15, 0.2) is 46.9 Å². The van der Waals surface area contributed by atoms with Gasteiger partial charge in [-0.05, 0) is 58.4 Å². The van der Waals surface area contributed by atoms with E-state index in [4.69, 9.17) is 10.5 Å². The van der Waals surface area contributed by atoms with Gasteiger partial charge in [0, 0.05) is 5.69 Å². The molecule has 100 valence electrons. The lowest BCUT2D eigenvalue weighted by atomic mass is 9.98. The van der Waals surface area contributed by atoms with Gasteiger partial charge in [0.05, 0.1) is 17.6 Å². The van der Waals surface area contributed by atoms with Crippen molar-refractivity contribution in [1.82, 2.24) is 5.32 Å². The predicted octanol–water partition coefficient (Wildman–Crippen LogP) is 3.35. The number of nitrogens with two attached hydrogens (primary N) is 1. The zero-order valence-electron chi connectivity index (χ0n) is 11.0. The highest BCUT2D eigenvalue weighted by Crippen LogP contribution is 2.30. The van der Waals surface area contributed by atoms with E-state index < -0.39 is 0 Å². The Morgan fingerprint density at radius 1 is 1.11 bits per heavy atom. The van der Waals surface area contributed by atoms with Gasteiger partial charge in [0.2, 0.25) is 0 Å². The maximum atomic E-state index is 5.72. The molecule has 0 aromatic heterocycles. The summed E-state index contributed by atoms with van der Waals surface area (Å²) in [6.07, 6.45) is 0. The van der Waals surface area contributed by atoms with Crippen molar-refractivity contribution in [3.05, 3.63) is 58.1 Å². The minimum atomic E-state index is 0.128. The molecule has 0 fully saturated rings. The normalized spacial score (nSPS) is 12.2. The van der Waals surface area contributed by atoms with Crippen LogP contribution in [-0.2, 0) is 0 Å². The van der Waals surface area contributed by atoms with Crippen LogP contribution in [0.25, 0.3) is 0 Å². The molecule has 2 aromatic rings. The van der Waals surface area contributed by atoms with E-state index in [2.05, 4.69) is 33.4 Å². The maximum Gasteiger partial charge on any atom is 0.133 e.